The quantitative estimate of drug-likeness (QED) is 0.0737. The number of hydrogen-bond acceptors (Lipinski definition) is 15. The van der Waals surface area contributed by atoms with Gasteiger partial charge >= 0.3 is 0 Å². The number of hydrogen-bond donors (Lipinski definition) is 2. The van der Waals surface area contributed by atoms with Crippen LogP contribution in [0, 0.1) is 5.92 Å². The van der Waals surface area contributed by atoms with E-state index in [4.69, 9.17) is 25.7 Å². The molecule has 0 bridgehead atoms. The molecule has 4 N–H and O–H groups in total. The Kier molecular flexibility index (Phi) is 22.2. The summed E-state index contributed by atoms with van der Waals surface area (Å²) in [6, 6.07) is 7.79. The van der Waals surface area contributed by atoms with Gasteiger partial charge in [0.15, 0.2) is 17.1 Å². The third-order valence-corrected chi connectivity index (χ3v) is 12.7. The summed E-state index contributed by atoms with van der Waals surface area (Å²) in [6.07, 6.45) is 14.6. The molecule has 10 rings (SSSR count). The SMILES string of the molecule is Brc1cn2cc(C3CCOCC3)nc2cn1.NC(=O)c1cccc(C(F)F)n1.Nc1cnc(Br)cn1.O=C(CBr)C1CCOCC1.O=C(Cc1cn2cc(C3CCOCC3)nc2cn1)c1cccc(C(F)F)n1. The van der Waals surface area contributed by atoms with E-state index < -0.39 is 30.1 Å². The lowest BCUT2D eigenvalue weighted by Crippen LogP contribution is -2.23. The summed E-state index contributed by atoms with van der Waals surface area (Å²) < 4.78 is 70.8. The Labute approximate surface area is 441 Å². The number of nitrogens with zero attached hydrogens (tertiary/aromatic N) is 10. The highest BCUT2D eigenvalue weighted by Crippen LogP contribution is 2.28. The molecule has 0 atom stereocenters. The topological polar surface area (TPSA) is 243 Å². The number of ketones is 2. The maximum absolute atomic E-state index is 12.8. The third-order valence-electron chi connectivity index (χ3n) is 11.3. The predicted octanol–water partition coefficient (Wildman–Crippen LogP) is 9.08. The second-order valence-corrected chi connectivity index (χ2v) is 18.6. The number of halogens is 7. The number of alkyl halides is 5. The first-order valence-corrected chi connectivity index (χ1v) is 25.6. The molecule has 7 aromatic heterocycles. The number of anilines is 1. The van der Waals surface area contributed by atoms with E-state index in [1.165, 1.54) is 36.5 Å². The van der Waals surface area contributed by atoms with Gasteiger partial charge in [-0.05, 0) is 94.7 Å². The minimum atomic E-state index is -2.71. The zero-order valence-electron chi connectivity index (χ0n) is 39.1. The largest absolute Gasteiger partial charge is 0.382 e. The maximum Gasteiger partial charge on any atom is 0.280 e. The molecule has 388 valence electrons. The van der Waals surface area contributed by atoms with E-state index in [1.54, 1.807) is 24.8 Å². The number of primary amides is 1. The van der Waals surface area contributed by atoms with Crippen LogP contribution in [0.1, 0.15) is 113 Å². The molecule has 25 heteroatoms. The van der Waals surface area contributed by atoms with Crippen molar-refractivity contribution in [1.82, 2.24) is 48.7 Å². The van der Waals surface area contributed by atoms with Crippen LogP contribution in [0.2, 0.25) is 0 Å². The molecule has 7 aromatic rings. The molecule has 0 spiro atoms. The lowest BCUT2D eigenvalue weighted by molar-refractivity contribution is -0.122. The number of aromatic nitrogens is 10. The number of nitrogen functional groups attached to an aromatic ring is 1. The number of rotatable bonds is 10. The van der Waals surface area contributed by atoms with Crippen molar-refractivity contribution < 1.29 is 46.2 Å². The van der Waals surface area contributed by atoms with Crippen LogP contribution >= 0.6 is 47.8 Å². The summed E-state index contributed by atoms with van der Waals surface area (Å²) in [5.41, 5.74) is 13.4. The van der Waals surface area contributed by atoms with E-state index in [0.29, 0.717) is 44.7 Å². The van der Waals surface area contributed by atoms with Gasteiger partial charge in [0.1, 0.15) is 43.6 Å². The minimum absolute atomic E-state index is 0.0135. The standard InChI is InChI=1S/C19H18F2N4O2.C11H12BrN3O.C7H11BrO2.C7H6F2N2O.C4H4BrN3/c20-19(21)15-3-1-2-14(23-15)17(26)8-13-10-25-11-16(24-18(25)9-22-13)12-4-6-27-7-5-12;12-10-7-15-6-9(14-11(15)5-13-10)8-1-3-16-4-2-8;8-5-7(9)6-1-3-10-4-2-6;8-6(9)4-2-1-3-5(11-4)7(10)12;5-3-1-8-4(6)2-7-3/h1-3,9-12,19H,4-8H2;5-8H,1-4H2;6H,1-5H2;1-3,6H,(H2,10,12);1-2H,(H2,6,8). The number of amides is 1. The van der Waals surface area contributed by atoms with Crippen molar-refractivity contribution >= 4 is 82.4 Å². The summed E-state index contributed by atoms with van der Waals surface area (Å²) in [4.78, 5) is 66.3. The monoisotopic (exact) mass is 1200 g/mol. The van der Waals surface area contributed by atoms with Crippen molar-refractivity contribution in [2.24, 2.45) is 11.7 Å². The fraction of sp³-hybridized carbons (Fsp3) is 0.396. The molecule has 10 heterocycles. The number of Topliss-reactive ketones (excluding diaryl/α,β-unsaturated/α-hetero) is 2. The van der Waals surface area contributed by atoms with E-state index >= 15 is 0 Å². The van der Waals surface area contributed by atoms with E-state index in [-0.39, 0.29) is 29.5 Å². The van der Waals surface area contributed by atoms with Crippen molar-refractivity contribution in [2.75, 3.05) is 50.7 Å². The van der Waals surface area contributed by atoms with E-state index in [1.807, 2.05) is 21.2 Å². The first-order chi connectivity index (χ1) is 35.2. The second kappa shape index (κ2) is 28.6. The maximum atomic E-state index is 12.8. The van der Waals surface area contributed by atoms with Crippen LogP contribution in [0.25, 0.3) is 11.3 Å². The van der Waals surface area contributed by atoms with Crippen LogP contribution in [0.3, 0.4) is 0 Å². The first-order valence-electron chi connectivity index (χ1n) is 22.9. The molecule has 0 radical (unpaired) electrons. The van der Waals surface area contributed by atoms with Gasteiger partial charge in [-0.1, -0.05) is 28.1 Å². The normalized spacial score (nSPS) is 15.2. The molecule has 73 heavy (non-hydrogen) atoms. The number of imidazole rings is 2. The summed E-state index contributed by atoms with van der Waals surface area (Å²) >= 11 is 9.63. The lowest BCUT2D eigenvalue weighted by Gasteiger charge is -2.19. The number of nitrogens with two attached hydrogens (primary N) is 2. The van der Waals surface area contributed by atoms with Gasteiger partial charge in [-0.25, -0.2) is 52.4 Å². The van der Waals surface area contributed by atoms with Crippen LogP contribution in [0.4, 0.5) is 23.4 Å². The fourth-order valence-electron chi connectivity index (χ4n) is 7.47. The number of ether oxygens (including phenoxy) is 3. The van der Waals surface area contributed by atoms with Crippen molar-refractivity contribution in [3.63, 3.8) is 0 Å². The highest BCUT2D eigenvalue weighted by Gasteiger charge is 2.22. The number of carbonyl (C=O) groups excluding carboxylic acids is 3. The molecule has 3 aliphatic heterocycles. The summed E-state index contributed by atoms with van der Waals surface area (Å²) in [7, 11) is 0. The Balaban J connectivity index is 0.000000161. The van der Waals surface area contributed by atoms with Crippen LogP contribution < -0.4 is 11.5 Å². The Morgan fingerprint density at radius 2 is 1.11 bits per heavy atom. The molecule has 3 fully saturated rings. The average Bonchev–Trinajstić information content (AvgIpc) is 4.05. The van der Waals surface area contributed by atoms with E-state index in [0.717, 1.165) is 106 Å². The van der Waals surface area contributed by atoms with Gasteiger partial charge in [0.25, 0.3) is 18.8 Å². The number of fused-ring (bicyclic) bond motifs is 2. The van der Waals surface area contributed by atoms with Gasteiger partial charge in [0.05, 0.1) is 53.6 Å². The Bertz CT molecular complexity index is 2860. The highest BCUT2D eigenvalue weighted by molar-refractivity contribution is 9.10. The molecule has 1 amide bonds. The van der Waals surface area contributed by atoms with Crippen LogP contribution in [-0.4, -0.2) is 111 Å². The van der Waals surface area contributed by atoms with Crippen molar-refractivity contribution in [1.29, 1.82) is 0 Å². The van der Waals surface area contributed by atoms with Gasteiger partial charge < -0.3 is 34.5 Å². The third kappa shape index (κ3) is 17.7. The highest BCUT2D eigenvalue weighted by atomic mass is 79.9. The van der Waals surface area contributed by atoms with Crippen molar-refractivity contribution in [3.05, 3.63) is 135 Å². The van der Waals surface area contributed by atoms with Gasteiger partial charge in [-0.2, -0.15) is 0 Å². The minimum Gasteiger partial charge on any atom is -0.382 e. The first kappa shape index (κ1) is 56.6. The molecule has 0 aromatic carbocycles. The van der Waals surface area contributed by atoms with Gasteiger partial charge in [-0.15, -0.1) is 0 Å². The summed E-state index contributed by atoms with van der Waals surface area (Å²) in [6.45, 7) is 4.68. The summed E-state index contributed by atoms with van der Waals surface area (Å²) in [5, 5.41) is 0.498. The molecule has 0 saturated carbocycles. The van der Waals surface area contributed by atoms with E-state index in [9.17, 15) is 31.9 Å². The number of carbonyl (C=O) groups is 3. The summed E-state index contributed by atoms with van der Waals surface area (Å²) in [5.74, 6) is 0.758. The molecule has 0 aliphatic carbocycles. The van der Waals surface area contributed by atoms with Crippen molar-refractivity contribution in [2.45, 2.75) is 69.6 Å². The second-order valence-electron chi connectivity index (χ2n) is 16.4. The van der Waals surface area contributed by atoms with Crippen LogP contribution in [0.5, 0.6) is 0 Å². The van der Waals surface area contributed by atoms with Gasteiger partial charge in [0, 0.05) is 82.2 Å². The fourth-order valence-corrected chi connectivity index (χ4v) is 8.46. The lowest BCUT2D eigenvalue weighted by atomic mass is 9.97. The Morgan fingerprint density at radius 3 is 1.60 bits per heavy atom. The molecular weight excluding hydrogens is 1160 g/mol. The van der Waals surface area contributed by atoms with Crippen LogP contribution in [-0.2, 0) is 25.4 Å². The Hall–Kier alpha value is -5.73. The molecule has 3 aliphatic rings. The zero-order valence-corrected chi connectivity index (χ0v) is 43.8. The Morgan fingerprint density at radius 1 is 0.616 bits per heavy atom. The zero-order chi connectivity index (χ0) is 52.3. The van der Waals surface area contributed by atoms with Gasteiger partial charge in [-0.3, -0.25) is 19.4 Å². The average molecular weight is 1210 g/mol. The van der Waals surface area contributed by atoms with Gasteiger partial charge in [0.2, 0.25) is 0 Å². The molecular formula is C48H51Br3F4N12O6. The molecule has 0 unspecified atom stereocenters. The smallest absolute Gasteiger partial charge is 0.280 e. The molecule has 18 nitrogen and oxygen atoms in total. The van der Waals surface area contributed by atoms with Crippen molar-refractivity contribution in [3.8, 4) is 0 Å². The predicted molar refractivity (Wildman–Crippen MR) is 271 cm³/mol. The number of pyridine rings is 2. The molecule has 3 saturated heterocycles. The van der Waals surface area contributed by atoms with E-state index in [2.05, 4.69) is 93.9 Å². The van der Waals surface area contributed by atoms with Crippen LogP contribution in [0.15, 0.2) is 95.2 Å².